The highest BCUT2D eigenvalue weighted by atomic mass is 35.5. The van der Waals surface area contributed by atoms with Crippen LogP contribution in [0.25, 0.3) is 10.9 Å². The van der Waals surface area contributed by atoms with Crippen LogP contribution in [0, 0.1) is 0 Å². The lowest BCUT2D eigenvalue weighted by molar-refractivity contribution is 0.419. The van der Waals surface area contributed by atoms with Crippen LogP contribution in [-0.4, -0.2) is 24.1 Å². The second-order valence-electron chi connectivity index (χ2n) is 3.07. The summed E-state index contributed by atoms with van der Waals surface area (Å²) >= 11 is 5.84. The number of methoxy groups -OCH3 is 1. The molecule has 0 amide bonds. The average Bonchev–Trinajstić information content (AvgIpc) is 2.28. The van der Waals surface area contributed by atoms with Crippen molar-refractivity contribution in [2.75, 3.05) is 19.6 Å². The van der Waals surface area contributed by atoms with Crippen molar-refractivity contribution in [1.82, 2.24) is 15.4 Å². The van der Waals surface area contributed by atoms with Crippen LogP contribution >= 0.6 is 11.6 Å². The van der Waals surface area contributed by atoms with Gasteiger partial charge in [0.05, 0.1) is 7.11 Å². The number of ether oxygens (including phenoxy) is 1. The number of aromatic nitrogens is 2. The molecule has 5 nitrogen and oxygen atoms in total. The number of nitrogens with zero attached hydrogens (tertiary/aromatic N) is 2. The Kier molecular flexibility index (Phi) is 3.07. The second-order valence-corrected chi connectivity index (χ2v) is 3.41. The van der Waals surface area contributed by atoms with Crippen molar-refractivity contribution < 1.29 is 4.74 Å². The van der Waals surface area contributed by atoms with E-state index in [1.165, 1.54) is 0 Å². The molecular formula is C10H11ClN4O. The monoisotopic (exact) mass is 238 g/mol. The van der Waals surface area contributed by atoms with Gasteiger partial charge in [0.1, 0.15) is 11.3 Å². The Morgan fingerprint density at radius 1 is 1.31 bits per heavy atom. The Labute approximate surface area is 97.8 Å². The van der Waals surface area contributed by atoms with Gasteiger partial charge in [-0.3, -0.25) is 0 Å². The molecule has 84 valence electrons. The molecule has 2 aromatic rings. The molecule has 1 heterocycles. The number of benzene rings is 1. The van der Waals surface area contributed by atoms with Crippen LogP contribution in [0.2, 0.25) is 5.28 Å². The molecular weight excluding hydrogens is 228 g/mol. The van der Waals surface area contributed by atoms with Crippen LogP contribution in [0.1, 0.15) is 0 Å². The highest BCUT2D eigenvalue weighted by Crippen LogP contribution is 2.28. The third-order valence-electron chi connectivity index (χ3n) is 2.13. The normalized spacial score (nSPS) is 10.4. The molecule has 6 heteroatoms. The van der Waals surface area contributed by atoms with E-state index in [9.17, 15) is 0 Å². The van der Waals surface area contributed by atoms with E-state index in [1.54, 1.807) is 14.2 Å². The molecule has 0 atom stereocenters. The molecule has 0 bridgehead atoms. The molecule has 2 N–H and O–H groups in total. The fraction of sp³-hybridized carbons (Fsp3) is 0.200. The smallest absolute Gasteiger partial charge is 0.225 e. The lowest BCUT2D eigenvalue weighted by Crippen LogP contribution is -2.16. The minimum atomic E-state index is 0.176. The van der Waals surface area contributed by atoms with E-state index in [2.05, 4.69) is 20.8 Å². The second kappa shape index (κ2) is 4.51. The Hall–Kier alpha value is -1.59. The van der Waals surface area contributed by atoms with Crippen molar-refractivity contribution in [2.45, 2.75) is 0 Å². The SMILES string of the molecule is CNNc1nc(Cl)nc2c(OC)cccc12. The van der Waals surface area contributed by atoms with E-state index in [1.807, 2.05) is 18.2 Å². The highest BCUT2D eigenvalue weighted by molar-refractivity contribution is 6.28. The molecule has 16 heavy (non-hydrogen) atoms. The molecule has 0 saturated carbocycles. The van der Waals surface area contributed by atoms with Gasteiger partial charge in [0.2, 0.25) is 5.28 Å². The predicted molar refractivity (Wildman–Crippen MR) is 63.8 cm³/mol. The quantitative estimate of drug-likeness (QED) is 0.631. The zero-order valence-corrected chi connectivity index (χ0v) is 9.67. The summed E-state index contributed by atoms with van der Waals surface area (Å²) in [4.78, 5) is 8.24. The molecule has 0 saturated heterocycles. The number of para-hydroxylation sites is 1. The number of fused-ring (bicyclic) bond motifs is 1. The third kappa shape index (κ3) is 1.87. The van der Waals surface area contributed by atoms with Crippen LogP contribution in [-0.2, 0) is 0 Å². The summed E-state index contributed by atoms with van der Waals surface area (Å²) in [5.41, 5.74) is 6.39. The first kappa shape index (κ1) is 10.9. The van der Waals surface area contributed by atoms with Gasteiger partial charge in [0.15, 0.2) is 5.82 Å². The number of anilines is 1. The summed E-state index contributed by atoms with van der Waals surface area (Å²) in [6.45, 7) is 0. The number of hydrazine groups is 1. The van der Waals surface area contributed by atoms with Gasteiger partial charge >= 0.3 is 0 Å². The Morgan fingerprint density at radius 2 is 2.12 bits per heavy atom. The lowest BCUT2D eigenvalue weighted by atomic mass is 10.2. The fourth-order valence-corrected chi connectivity index (χ4v) is 1.65. The fourth-order valence-electron chi connectivity index (χ4n) is 1.48. The Morgan fingerprint density at radius 3 is 2.81 bits per heavy atom. The summed E-state index contributed by atoms with van der Waals surface area (Å²) in [6, 6.07) is 5.60. The van der Waals surface area contributed by atoms with Crippen LogP contribution in [0.5, 0.6) is 5.75 Å². The molecule has 0 aliphatic carbocycles. The number of hydrogen-bond acceptors (Lipinski definition) is 5. The third-order valence-corrected chi connectivity index (χ3v) is 2.29. The average molecular weight is 239 g/mol. The molecule has 0 fully saturated rings. The van der Waals surface area contributed by atoms with Gasteiger partial charge in [0.25, 0.3) is 0 Å². The van der Waals surface area contributed by atoms with Gasteiger partial charge in [-0.15, -0.1) is 0 Å². The van der Waals surface area contributed by atoms with Crippen molar-refractivity contribution >= 4 is 28.3 Å². The van der Waals surface area contributed by atoms with E-state index in [0.29, 0.717) is 17.1 Å². The molecule has 1 aromatic heterocycles. The van der Waals surface area contributed by atoms with Gasteiger partial charge in [-0.2, -0.15) is 4.98 Å². The summed E-state index contributed by atoms with van der Waals surface area (Å²) in [7, 11) is 3.35. The number of hydrogen-bond donors (Lipinski definition) is 2. The van der Waals surface area contributed by atoms with E-state index in [4.69, 9.17) is 16.3 Å². The van der Waals surface area contributed by atoms with Crippen LogP contribution in [0.3, 0.4) is 0 Å². The molecule has 0 spiro atoms. The van der Waals surface area contributed by atoms with Crippen LogP contribution in [0.15, 0.2) is 18.2 Å². The summed E-state index contributed by atoms with van der Waals surface area (Å²) in [5.74, 6) is 1.29. The number of rotatable bonds is 3. The number of nitrogens with one attached hydrogen (secondary N) is 2. The van der Waals surface area contributed by atoms with E-state index in [0.717, 1.165) is 5.39 Å². The summed E-state index contributed by atoms with van der Waals surface area (Å²) in [5, 5.41) is 1.02. The van der Waals surface area contributed by atoms with Crippen molar-refractivity contribution in [1.29, 1.82) is 0 Å². The first-order chi connectivity index (χ1) is 7.76. The van der Waals surface area contributed by atoms with Crippen molar-refractivity contribution in [3.05, 3.63) is 23.5 Å². The van der Waals surface area contributed by atoms with Crippen LogP contribution < -0.4 is 15.6 Å². The van der Waals surface area contributed by atoms with Gasteiger partial charge < -0.3 is 10.2 Å². The van der Waals surface area contributed by atoms with Gasteiger partial charge in [-0.1, -0.05) is 6.07 Å². The summed E-state index contributed by atoms with van der Waals surface area (Å²) < 4.78 is 5.22. The van der Waals surface area contributed by atoms with Gasteiger partial charge in [-0.05, 0) is 23.7 Å². The van der Waals surface area contributed by atoms with E-state index >= 15 is 0 Å². The summed E-state index contributed by atoms with van der Waals surface area (Å²) in [6.07, 6.45) is 0. The van der Waals surface area contributed by atoms with E-state index < -0.39 is 0 Å². The largest absolute Gasteiger partial charge is 0.494 e. The molecule has 1 aromatic carbocycles. The van der Waals surface area contributed by atoms with Crippen LogP contribution in [0.4, 0.5) is 5.82 Å². The topological polar surface area (TPSA) is 59.1 Å². The molecule has 0 aliphatic heterocycles. The minimum absolute atomic E-state index is 0.176. The lowest BCUT2D eigenvalue weighted by Gasteiger charge is -2.09. The molecule has 2 rings (SSSR count). The Bertz CT molecular complexity index is 517. The molecule has 0 aliphatic rings. The first-order valence-corrected chi connectivity index (χ1v) is 5.07. The van der Waals surface area contributed by atoms with E-state index in [-0.39, 0.29) is 5.28 Å². The highest BCUT2D eigenvalue weighted by Gasteiger charge is 2.09. The Balaban J connectivity index is 2.72. The zero-order valence-electron chi connectivity index (χ0n) is 8.91. The minimum Gasteiger partial charge on any atom is -0.494 e. The maximum Gasteiger partial charge on any atom is 0.225 e. The maximum atomic E-state index is 5.84. The van der Waals surface area contributed by atoms with Crippen molar-refractivity contribution in [3.8, 4) is 5.75 Å². The molecule has 0 unspecified atom stereocenters. The maximum absolute atomic E-state index is 5.84. The predicted octanol–water partition coefficient (Wildman–Crippen LogP) is 1.84. The standard InChI is InChI=1S/C10H11ClN4O/c1-12-15-9-6-4-3-5-7(16-2)8(6)13-10(11)14-9/h3-5,12H,1-2H3,(H,13,14,15). The number of halogens is 1. The zero-order chi connectivity index (χ0) is 11.5. The van der Waals surface area contributed by atoms with Crippen molar-refractivity contribution in [3.63, 3.8) is 0 Å². The van der Waals surface area contributed by atoms with Gasteiger partial charge in [-0.25, -0.2) is 10.4 Å². The first-order valence-electron chi connectivity index (χ1n) is 4.69. The van der Waals surface area contributed by atoms with Gasteiger partial charge in [0, 0.05) is 12.4 Å². The molecule has 0 radical (unpaired) electrons. The van der Waals surface area contributed by atoms with Crippen molar-refractivity contribution in [2.24, 2.45) is 0 Å².